The summed E-state index contributed by atoms with van der Waals surface area (Å²) in [6.07, 6.45) is 7.55. The van der Waals surface area contributed by atoms with Crippen LogP contribution in [0.5, 0.6) is 0 Å². The highest BCUT2D eigenvalue weighted by Gasteiger charge is 2.27. The average molecular weight is 403 g/mol. The summed E-state index contributed by atoms with van der Waals surface area (Å²) in [5.41, 5.74) is 3.78. The minimum Gasteiger partial charge on any atom is -0.342 e. The monoisotopic (exact) mass is 402 g/mol. The molecular weight excluding hydrogens is 376 g/mol. The van der Waals surface area contributed by atoms with Gasteiger partial charge in [-0.05, 0) is 24.8 Å². The number of anilines is 1. The zero-order valence-electron chi connectivity index (χ0n) is 17.3. The van der Waals surface area contributed by atoms with Crippen LogP contribution in [0, 0.1) is 0 Å². The van der Waals surface area contributed by atoms with E-state index in [1.54, 1.807) is 0 Å². The molecule has 7 heteroatoms. The molecule has 0 amide bonds. The van der Waals surface area contributed by atoms with E-state index in [2.05, 4.69) is 29.1 Å². The molecule has 0 saturated carbocycles. The quantitative estimate of drug-likeness (QED) is 0.635. The van der Waals surface area contributed by atoms with Crippen LogP contribution in [-0.2, 0) is 19.5 Å². The summed E-state index contributed by atoms with van der Waals surface area (Å²) in [7, 11) is 0. The summed E-state index contributed by atoms with van der Waals surface area (Å²) in [5, 5.41) is 4.49. The zero-order valence-corrected chi connectivity index (χ0v) is 17.3. The molecular formula is C23H26N6O. The number of nitrogens with zero attached hydrogens (tertiary/aromatic N) is 6. The molecule has 1 fully saturated rings. The van der Waals surface area contributed by atoms with Crippen molar-refractivity contribution >= 4 is 17.5 Å². The van der Waals surface area contributed by atoms with E-state index in [4.69, 9.17) is 9.98 Å². The molecule has 1 aromatic carbocycles. The second-order valence-electron chi connectivity index (χ2n) is 8.01. The number of aliphatic imine (C=N–C) groups is 1. The van der Waals surface area contributed by atoms with Gasteiger partial charge in [-0.2, -0.15) is 10.1 Å². The van der Waals surface area contributed by atoms with Gasteiger partial charge >= 0.3 is 0 Å². The third-order valence-electron chi connectivity index (χ3n) is 5.80. The van der Waals surface area contributed by atoms with Gasteiger partial charge in [0.05, 0.1) is 24.0 Å². The summed E-state index contributed by atoms with van der Waals surface area (Å²) in [6.45, 7) is 5.41. The SMILES string of the molecule is CCCn1c(N2CCCC2)nc2c(c1=O)CC(c1cnn(Cc3ccccc3)c1)=N2. The van der Waals surface area contributed by atoms with Crippen LogP contribution >= 0.6 is 0 Å². The van der Waals surface area contributed by atoms with Gasteiger partial charge in [0.25, 0.3) is 5.56 Å². The molecule has 5 rings (SSSR count). The highest BCUT2D eigenvalue weighted by Crippen LogP contribution is 2.28. The fraction of sp³-hybridized carbons (Fsp3) is 0.391. The maximum Gasteiger partial charge on any atom is 0.260 e. The Bertz CT molecular complexity index is 1140. The number of hydrogen-bond acceptors (Lipinski definition) is 5. The Labute approximate surface area is 175 Å². The van der Waals surface area contributed by atoms with E-state index in [0.717, 1.165) is 49.6 Å². The molecule has 1 saturated heterocycles. The van der Waals surface area contributed by atoms with Crippen LogP contribution in [0.25, 0.3) is 0 Å². The van der Waals surface area contributed by atoms with Crippen LogP contribution in [-0.4, -0.2) is 38.1 Å². The molecule has 0 radical (unpaired) electrons. The van der Waals surface area contributed by atoms with Crippen molar-refractivity contribution in [3.8, 4) is 0 Å². The van der Waals surface area contributed by atoms with Gasteiger partial charge in [0, 0.05) is 37.8 Å². The topological polar surface area (TPSA) is 68.3 Å². The molecule has 0 bridgehead atoms. The number of benzene rings is 1. The Morgan fingerprint density at radius 2 is 1.90 bits per heavy atom. The second kappa shape index (κ2) is 7.89. The average Bonchev–Trinajstić information content (AvgIpc) is 3.51. The van der Waals surface area contributed by atoms with Crippen molar-refractivity contribution < 1.29 is 0 Å². The fourth-order valence-corrected chi connectivity index (χ4v) is 4.27. The zero-order chi connectivity index (χ0) is 20.5. The maximum absolute atomic E-state index is 13.3. The molecule has 2 aromatic heterocycles. The summed E-state index contributed by atoms with van der Waals surface area (Å²) in [6, 6.07) is 10.2. The van der Waals surface area contributed by atoms with Gasteiger partial charge in [0.15, 0.2) is 5.82 Å². The first-order valence-electron chi connectivity index (χ1n) is 10.8. The molecule has 30 heavy (non-hydrogen) atoms. The van der Waals surface area contributed by atoms with Crippen molar-refractivity contribution in [1.29, 1.82) is 0 Å². The van der Waals surface area contributed by atoms with Crippen molar-refractivity contribution in [3.63, 3.8) is 0 Å². The lowest BCUT2D eigenvalue weighted by molar-refractivity contribution is 0.625. The van der Waals surface area contributed by atoms with E-state index >= 15 is 0 Å². The fourth-order valence-electron chi connectivity index (χ4n) is 4.27. The van der Waals surface area contributed by atoms with E-state index < -0.39 is 0 Å². The predicted molar refractivity (Wildman–Crippen MR) is 118 cm³/mol. The molecule has 7 nitrogen and oxygen atoms in total. The van der Waals surface area contributed by atoms with Gasteiger partial charge < -0.3 is 4.90 Å². The summed E-state index contributed by atoms with van der Waals surface area (Å²) in [4.78, 5) is 25.1. The normalized spacial score (nSPS) is 15.5. The van der Waals surface area contributed by atoms with Gasteiger partial charge in [-0.25, -0.2) is 4.99 Å². The molecule has 2 aliphatic heterocycles. The molecule has 4 heterocycles. The Balaban J connectivity index is 1.45. The van der Waals surface area contributed by atoms with E-state index in [1.807, 2.05) is 39.8 Å². The Morgan fingerprint density at radius 3 is 2.67 bits per heavy atom. The molecule has 2 aliphatic rings. The van der Waals surface area contributed by atoms with Crippen molar-refractivity contribution in [3.05, 3.63) is 69.8 Å². The third-order valence-corrected chi connectivity index (χ3v) is 5.80. The van der Waals surface area contributed by atoms with Crippen molar-refractivity contribution in [1.82, 2.24) is 19.3 Å². The predicted octanol–water partition coefficient (Wildman–Crippen LogP) is 3.18. The first-order valence-corrected chi connectivity index (χ1v) is 10.8. The van der Waals surface area contributed by atoms with Gasteiger partial charge in [-0.3, -0.25) is 14.0 Å². The smallest absolute Gasteiger partial charge is 0.260 e. The molecule has 0 aliphatic carbocycles. The van der Waals surface area contributed by atoms with Crippen LogP contribution in [0.2, 0.25) is 0 Å². The lowest BCUT2D eigenvalue weighted by Crippen LogP contribution is -2.32. The molecule has 0 unspecified atom stereocenters. The van der Waals surface area contributed by atoms with E-state index in [1.165, 1.54) is 5.56 Å². The third kappa shape index (κ3) is 3.44. The minimum atomic E-state index is 0.0548. The standard InChI is InChI=1S/C23H26N6O/c1-2-10-29-22(30)19-13-20(25-21(19)26-23(29)27-11-6-7-12-27)18-14-24-28(16-18)15-17-8-4-3-5-9-17/h3-5,8-9,14,16H,2,6-7,10-13,15H2,1H3. The Kier molecular flexibility index (Phi) is 4.94. The molecule has 154 valence electrons. The van der Waals surface area contributed by atoms with Crippen LogP contribution in [0.4, 0.5) is 11.8 Å². The van der Waals surface area contributed by atoms with Crippen LogP contribution in [0.3, 0.4) is 0 Å². The van der Waals surface area contributed by atoms with Crippen molar-refractivity contribution in [2.45, 2.75) is 45.7 Å². The molecule has 0 atom stereocenters. The van der Waals surface area contributed by atoms with Crippen LogP contribution in [0.1, 0.15) is 42.9 Å². The first kappa shape index (κ1) is 18.8. The molecule has 0 spiro atoms. The van der Waals surface area contributed by atoms with Gasteiger partial charge in [0.2, 0.25) is 5.95 Å². The maximum atomic E-state index is 13.3. The first-order chi connectivity index (χ1) is 14.7. The van der Waals surface area contributed by atoms with Crippen molar-refractivity contribution in [2.75, 3.05) is 18.0 Å². The summed E-state index contributed by atoms with van der Waals surface area (Å²) in [5.74, 6) is 1.36. The van der Waals surface area contributed by atoms with Crippen LogP contribution in [0.15, 0.2) is 52.5 Å². The molecule has 3 aromatic rings. The number of fused-ring (bicyclic) bond motifs is 1. The van der Waals surface area contributed by atoms with E-state index in [0.29, 0.717) is 30.9 Å². The van der Waals surface area contributed by atoms with Gasteiger partial charge in [-0.15, -0.1) is 0 Å². The summed E-state index contributed by atoms with van der Waals surface area (Å²) >= 11 is 0. The lowest BCUT2D eigenvalue weighted by atomic mass is 10.1. The number of rotatable bonds is 6. The molecule has 0 N–H and O–H groups in total. The largest absolute Gasteiger partial charge is 0.342 e. The van der Waals surface area contributed by atoms with Crippen molar-refractivity contribution in [2.24, 2.45) is 4.99 Å². The highest BCUT2D eigenvalue weighted by atomic mass is 16.1. The minimum absolute atomic E-state index is 0.0548. The second-order valence-corrected chi connectivity index (χ2v) is 8.01. The van der Waals surface area contributed by atoms with Crippen LogP contribution < -0.4 is 10.5 Å². The number of aromatic nitrogens is 4. The van der Waals surface area contributed by atoms with Gasteiger partial charge in [-0.1, -0.05) is 37.3 Å². The van der Waals surface area contributed by atoms with Gasteiger partial charge in [0.1, 0.15) is 0 Å². The number of hydrogen-bond donors (Lipinski definition) is 0. The highest BCUT2D eigenvalue weighted by molar-refractivity contribution is 6.05. The summed E-state index contributed by atoms with van der Waals surface area (Å²) < 4.78 is 3.76. The van der Waals surface area contributed by atoms with E-state index in [9.17, 15) is 4.79 Å². The Hall–Kier alpha value is -3.22. The van der Waals surface area contributed by atoms with E-state index in [-0.39, 0.29) is 5.56 Å². The Morgan fingerprint density at radius 1 is 1.10 bits per heavy atom. The lowest BCUT2D eigenvalue weighted by Gasteiger charge is -2.21.